The second kappa shape index (κ2) is 10.5. The highest BCUT2D eigenvalue weighted by atomic mass is 32.2. The van der Waals surface area contributed by atoms with Crippen molar-refractivity contribution in [2.45, 2.75) is 55.9 Å². The molecule has 0 radical (unpaired) electrons. The first-order valence-electron chi connectivity index (χ1n) is 10.4. The highest BCUT2D eigenvalue weighted by Gasteiger charge is 2.23. The average Bonchev–Trinajstić information content (AvgIpc) is 3.02. The van der Waals surface area contributed by atoms with E-state index in [1.54, 1.807) is 12.3 Å². The average molecular weight is 432 g/mol. The van der Waals surface area contributed by atoms with Gasteiger partial charge >= 0.3 is 0 Å². The van der Waals surface area contributed by atoms with Gasteiger partial charge in [-0.2, -0.15) is 0 Å². The van der Waals surface area contributed by atoms with Crippen LogP contribution in [0.5, 0.6) is 5.75 Å². The number of hydrogen-bond acceptors (Lipinski definition) is 5. The lowest BCUT2D eigenvalue weighted by Crippen LogP contribution is -2.34. The summed E-state index contributed by atoms with van der Waals surface area (Å²) in [6.45, 7) is 0.195. The Morgan fingerprint density at radius 1 is 1.13 bits per heavy atom. The van der Waals surface area contributed by atoms with E-state index in [1.165, 1.54) is 32.1 Å². The Morgan fingerprint density at radius 3 is 2.57 bits per heavy atom. The molecule has 30 heavy (non-hydrogen) atoms. The van der Waals surface area contributed by atoms with Crippen LogP contribution in [0.1, 0.15) is 54.6 Å². The molecule has 0 spiro atoms. The molecule has 0 atom stereocenters. The number of pyridine rings is 1. The van der Waals surface area contributed by atoms with Crippen LogP contribution in [0.2, 0.25) is 0 Å². The third-order valence-electron chi connectivity index (χ3n) is 5.31. The largest absolute Gasteiger partial charge is 0.495 e. The van der Waals surface area contributed by atoms with Gasteiger partial charge in [-0.3, -0.25) is 9.78 Å². The van der Waals surface area contributed by atoms with Gasteiger partial charge < -0.3 is 10.1 Å². The molecule has 1 saturated carbocycles. The van der Waals surface area contributed by atoms with Gasteiger partial charge in [0.1, 0.15) is 10.6 Å². The van der Waals surface area contributed by atoms with Crippen molar-refractivity contribution >= 4 is 15.9 Å². The van der Waals surface area contributed by atoms with Crippen LogP contribution in [-0.4, -0.2) is 39.0 Å². The molecule has 1 fully saturated rings. The van der Waals surface area contributed by atoms with E-state index in [0.29, 0.717) is 12.0 Å². The number of sulfonamides is 1. The van der Waals surface area contributed by atoms with E-state index in [-0.39, 0.29) is 29.1 Å². The SMILES string of the molecule is COc1ccc(C(=O)NC2CCCCCC2)cc1S(=O)(=O)NCCc1ccccn1. The number of nitrogens with one attached hydrogen (secondary N) is 2. The van der Waals surface area contributed by atoms with Crippen LogP contribution in [0.25, 0.3) is 0 Å². The maximum atomic E-state index is 12.9. The normalized spacial score (nSPS) is 15.4. The van der Waals surface area contributed by atoms with Crippen molar-refractivity contribution in [3.8, 4) is 5.75 Å². The summed E-state index contributed by atoms with van der Waals surface area (Å²) < 4.78 is 33.5. The minimum Gasteiger partial charge on any atom is -0.495 e. The monoisotopic (exact) mass is 431 g/mol. The van der Waals surface area contributed by atoms with Crippen LogP contribution < -0.4 is 14.8 Å². The number of aromatic nitrogens is 1. The molecule has 0 unspecified atom stereocenters. The number of carbonyl (C=O) groups excluding carboxylic acids is 1. The predicted molar refractivity (Wildman–Crippen MR) is 115 cm³/mol. The third kappa shape index (κ3) is 6.03. The van der Waals surface area contributed by atoms with Crippen molar-refractivity contribution in [3.05, 3.63) is 53.9 Å². The zero-order chi connectivity index (χ0) is 21.4. The number of amides is 1. The minimum atomic E-state index is -3.85. The number of benzene rings is 1. The van der Waals surface area contributed by atoms with Crippen LogP contribution in [-0.2, 0) is 16.4 Å². The van der Waals surface area contributed by atoms with E-state index in [0.717, 1.165) is 31.4 Å². The number of ether oxygens (including phenoxy) is 1. The second-order valence-electron chi connectivity index (χ2n) is 7.50. The zero-order valence-electron chi connectivity index (χ0n) is 17.3. The van der Waals surface area contributed by atoms with Crippen LogP contribution >= 0.6 is 0 Å². The Balaban J connectivity index is 1.71. The van der Waals surface area contributed by atoms with E-state index in [1.807, 2.05) is 18.2 Å². The quantitative estimate of drug-likeness (QED) is 0.626. The molecule has 2 aromatic rings. The van der Waals surface area contributed by atoms with Crippen LogP contribution in [0.3, 0.4) is 0 Å². The minimum absolute atomic E-state index is 0.0421. The summed E-state index contributed by atoms with van der Waals surface area (Å²) in [7, 11) is -2.44. The Hall–Kier alpha value is -2.45. The number of methoxy groups -OCH3 is 1. The van der Waals surface area contributed by atoms with Gasteiger partial charge in [0.05, 0.1) is 7.11 Å². The van der Waals surface area contributed by atoms with E-state index < -0.39 is 10.0 Å². The van der Waals surface area contributed by atoms with Gasteiger partial charge in [0, 0.05) is 36.5 Å². The summed E-state index contributed by atoms with van der Waals surface area (Å²) in [5.41, 5.74) is 1.11. The number of rotatable bonds is 8. The summed E-state index contributed by atoms with van der Waals surface area (Å²) in [5.74, 6) is -0.0548. The lowest BCUT2D eigenvalue weighted by atomic mass is 10.1. The van der Waals surface area contributed by atoms with E-state index in [2.05, 4.69) is 15.0 Å². The fourth-order valence-corrected chi connectivity index (χ4v) is 4.88. The van der Waals surface area contributed by atoms with Crippen molar-refractivity contribution in [1.82, 2.24) is 15.0 Å². The van der Waals surface area contributed by atoms with Gasteiger partial charge in [-0.05, 0) is 43.2 Å². The second-order valence-corrected chi connectivity index (χ2v) is 9.23. The van der Waals surface area contributed by atoms with Gasteiger partial charge in [-0.25, -0.2) is 13.1 Å². The molecule has 1 aliphatic carbocycles. The number of carbonyl (C=O) groups is 1. The van der Waals surface area contributed by atoms with Gasteiger partial charge in [0.25, 0.3) is 5.91 Å². The summed E-state index contributed by atoms with van der Waals surface area (Å²) in [5, 5.41) is 3.05. The molecule has 0 bridgehead atoms. The summed E-state index contributed by atoms with van der Waals surface area (Å²) in [6, 6.07) is 10.1. The molecule has 1 aromatic carbocycles. The highest BCUT2D eigenvalue weighted by molar-refractivity contribution is 7.89. The van der Waals surface area contributed by atoms with Crippen LogP contribution in [0.15, 0.2) is 47.5 Å². The van der Waals surface area contributed by atoms with E-state index >= 15 is 0 Å². The smallest absolute Gasteiger partial charge is 0.251 e. The van der Waals surface area contributed by atoms with Crippen molar-refractivity contribution in [2.24, 2.45) is 0 Å². The number of nitrogens with zero attached hydrogens (tertiary/aromatic N) is 1. The van der Waals surface area contributed by atoms with Crippen LogP contribution in [0.4, 0.5) is 0 Å². The fraction of sp³-hybridized carbons (Fsp3) is 0.455. The lowest BCUT2D eigenvalue weighted by Gasteiger charge is -2.17. The molecule has 1 aromatic heterocycles. The summed E-state index contributed by atoms with van der Waals surface area (Å²) in [6.07, 6.45) is 8.65. The summed E-state index contributed by atoms with van der Waals surface area (Å²) in [4.78, 5) is 16.9. The lowest BCUT2D eigenvalue weighted by molar-refractivity contribution is 0.0933. The van der Waals surface area contributed by atoms with Gasteiger partial charge in [0.15, 0.2) is 0 Å². The maximum Gasteiger partial charge on any atom is 0.251 e. The van der Waals surface area contributed by atoms with Crippen molar-refractivity contribution in [1.29, 1.82) is 0 Å². The molecular formula is C22H29N3O4S. The van der Waals surface area contributed by atoms with E-state index in [9.17, 15) is 13.2 Å². The first-order valence-corrected chi connectivity index (χ1v) is 11.9. The van der Waals surface area contributed by atoms with Gasteiger partial charge in [-0.1, -0.05) is 31.7 Å². The molecule has 0 saturated heterocycles. The summed E-state index contributed by atoms with van der Waals surface area (Å²) >= 11 is 0. The van der Waals surface area contributed by atoms with Crippen molar-refractivity contribution < 1.29 is 17.9 Å². The third-order valence-corrected chi connectivity index (χ3v) is 6.79. The van der Waals surface area contributed by atoms with Gasteiger partial charge in [0.2, 0.25) is 10.0 Å². The first-order chi connectivity index (χ1) is 14.5. The molecule has 1 aliphatic rings. The molecule has 0 aliphatic heterocycles. The van der Waals surface area contributed by atoms with Crippen molar-refractivity contribution in [2.75, 3.05) is 13.7 Å². The number of hydrogen-bond donors (Lipinski definition) is 2. The predicted octanol–water partition coefficient (Wildman–Crippen LogP) is 3.06. The first kappa shape index (κ1) is 22.2. The zero-order valence-corrected chi connectivity index (χ0v) is 18.1. The van der Waals surface area contributed by atoms with Crippen molar-refractivity contribution in [3.63, 3.8) is 0 Å². The molecule has 1 heterocycles. The van der Waals surface area contributed by atoms with Gasteiger partial charge in [-0.15, -0.1) is 0 Å². The Morgan fingerprint density at radius 2 is 1.90 bits per heavy atom. The Kier molecular flexibility index (Phi) is 7.81. The molecule has 3 rings (SSSR count). The Labute approximate surface area is 178 Å². The molecular weight excluding hydrogens is 402 g/mol. The standard InChI is InChI=1S/C22H29N3O4S/c1-29-20-12-11-17(22(26)25-19-9-4-2-3-5-10-19)16-21(20)30(27,28)24-15-13-18-8-6-7-14-23-18/h6-8,11-12,14,16,19,24H,2-5,9-10,13,15H2,1H3,(H,25,26). The molecule has 8 heteroatoms. The van der Waals surface area contributed by atoms with E-state index in [4.69, 9.17) is 4.74 Å². The van der Waals surface area contributed by atoms with Crippen LogP contribution in [0, 0.1) is 0 Å². The molecule has 162 valence electrons. The maximum absolute atomic E-state index is 12.9. The Bertz CT molecular complexity index is 940. The molecule has 7 nitrogen and oxygen atoms in total. The molecule has 1 amide bonds. The topological polar surface area (TPSA) is 97.4 Å². The molecule has 2 N–H and O–H groups in total. The fourth-order valence-electron chi connectivity index (χ4n) is 3.66. The highest BCUT2D eigenvalue weighted by Crippen LogP contribution is 2.25.